The third-order valence-corrected chi connectivity index (χ3v) is 6.00. The van der Waals surface area contributed by atoms with Crippen LogP contribution in [0, 0.1) is 12.3 Å². The van der Waals surface area contributed by atoms with Gasteiger partial charge in [-0.1, -0.05) is 54.6 Å². The number of aliphatic hydroxyl groups is 1. The van der Waals surface area contributed by atoms with Crippen LogP contribution in [0.5, 0.6) is 0 Å². The molecule has 0 aliphatic carbocycles. The fraction of sp³-hybridized carbons (Fsp3) is 0.360. The number of piperidine rings is 1. The van der Waals surface area contributed by atoms with Gasteiger partial charge in [-0.15, -0.1) is 0 Å². The number of aliphatic hydroxyl groups excluding tert-OH is 1. The van der Waals surface area contributed by atoms with Gasteiger partial charge in [0, 0.05) is 42.0 Å². The molecule has 4 rings (SSSR count). The second-order valence-electron chi connectivity index (χ2n) is 8.36. The molecule has 0 amide bonds. The standard InChI is InChI=1S/C25H29N3O/c1-20-8-5-6-11-23(20)24-26-15-22(16-27-24)17-28-13-7-12-25(18-28,19-29)14-21-9-3-2-4-10-21/h2-6,8-11,15-16,29H,7,12-14,17-19H2,1H3/t25-/m0/s1. The minimum Gasteiger partial charge on any atom is -0.396 e. The van der Waals surface area contributed by atoms with Crippen molar-refractivity contribution in [3.63, 3.8) is 0 Å². The van der Waals surface area contributed by atoms with E-state index in [1.54, 1.807) is 0 Å². The summed E-state index contributed by atoms with van der Waals surface area (Å²) in [6.45, 7) is 5.08. The molecule has 2 aromatic carbocycles. The lowest BCUT2D eigenvalue weighted by Gasteiger charge is -2.42. The maximum atomic E-state index is 10.2. The molecule has 1 saturated heterocycles. The highest BCUT2D eigenvalue weighted by Crippen LogP contribution is 2.34. The summed E-state index contributed by atoms with van der Waals surface area (Å²) in [4.78, 5) is 11.7. The van der Waals surface area contributed by atoms with Crippen LogP contribution >= 0.6 is 0 Å². The zero-order chi connectivity index (χ0) is 20.1. The molecule has 0 radical (unpaired) electrons. The zero-order valence-electron chi connectivity index (χ0n) is 17.1. The molecular formula is C25H29N3O. The Morgan fingerprint density at radius 2 is 1.69 bits per heavy atom. The highest BCUT2D eigenvalue weighted by atomic mass is 16.3. The molecule has 0 bridgehead atoms. The molecule has 1 aliphatic heterocycles. The third-order valence-electron chi connectivity index (χ3n) is 6.00. The molecular weight excluding hydrogens is 358 g/mol. The van der Waals surface area contributed by atoms with Gasteiger partial charge in [0.25, 0.3) is 0 Å². The smallest absolute Gasteiger partial charge is 0.159 e. The summed E-state index contributed by atoms with van der Waals surface area (Å²) < 4.78 is 0. The van der Waals surface area contributed by atoms with Gasteiger partial charge in [-0.05, 0) is 43.9 Å². The van der Waals surface area contributed by atoms with E-state index in [1.165, 1.54) is 11.1 Å². The number of hydrogen-bond acceptors (Lipinski definition) is 4. The maximum Gasteiger partial charge on any atom is 0.159 e. The molecule has 0 saturated carbocycles. The second-order valence-corrected chi connectivity index (χ2v) is 8.36. The van der Waals surface area contributed by atoms with Crippen molar-refractivity contribution in [2.45, 2.75) is 32.7 Å². The number of benzene rings is 2. The summed E-state index contributed by atoms with van der Waals surface area (Å²) in [6.07, 6.45) is 6.99. The monoisotopic (exact) mass is 387 g/mol. The number of nitrogens with zero attached hydrogens (tertiary/aromatic N) is 3. The topological polar surface area (TPSA) is 49.2 Å². The van der Waals surface area contributed by atoms with Crippen LogP contribution in [0.3, 0.4) is 0 Å². The van der Waals surface area contributed by atoms with E-state index in [-0.39, 0.29) is 12.0 Å². The lowest BCUT2D eigenvalue weighted by atomic mass is 9.75. The first-order chi connectivity index (χ1) is 14.2. The Kier molecular flexibility index (Phi) is 6.02. The Hall–Kier alpha value is -2.56. The molecule has 1 fully saturated rings. The largest absolute Gasteiger partial charge is 0.396 e. The number of aromatic nitrogens is 2. The first-order valence-electron chi connectivity index (χ1n) is 10.4. The van der Waals surface area contributed by atoms with E-state index in [0.717, 1.165) is 55.8 Å². The first-order valence-corrected chi connectivity index (χ1v) is 10.4. The highest BCUT2D eigenvalue weighted by Gasteiger charge is 2.35. The molecule has 1 aliphatic rings. The summed E-state index contributed by atoms with van der Waals surface area (Å²) in [7, 11) is 0. The van der Waals surface area contributed by atoms with Crippen molar-refractivity contribution >= 4 is 0 Å². The normalized spacial score (nSPS) is 19.9. The van der Waals surface area contributed by atoms with E-state index >= 15 is 0 Å². The molecule has 4 nitrogen and oxygen atoms in total. The van der Waals surface area contributed by atoms with Crippen LogP contribution in [0.15, 0.2) is 67.0 Å². The van der Waals surface area contributed by atoms with Gasteiger partial charge in [-0.3, -0.25) is 4.90 Å². The summed E-state index contributed by atoms with van der Waals surface area (Å²) in [5.41, 5.74) is 4.62. The molecule has 0 unspecified atom stereocenters. The van der Waals surface area contributed by atoms with E-state index in [9.17, 15) is 5.11 Å². The molecule has 1 N–H and O–H groups in total. The minimum atomic E-state index is -0.0679. The molecule has 3 aromatic rings. The van der Waals surface area contributed by atoms with E-state index in [2.05, 4.69) is 58.2 Å². The average Bonchev–Trinajstić information content (AvgIpc) is 2.76. The van der Waals surface area contributed by atoms with E-state index in [0.29, 0.717) is 0 Å². The van der Waals surface area contributed by atoms with Gasteiger partial charge in [0.1, 0.15) is 0 Å². The van der Waals surface area contributed by atoms with Crippen LogP contribution in [0.1, 0.15) is 29.5 Å². The van der Waals surface area contributed by atoms with Crippen LogP contribution in [-0.4, -0.2) is 39.7 Å². The molecule has 0 spiro atoms. The van der Waals surface area contributed by atoms with Gasteiger partial charge in [0.2, 0.25) is 0 Å². The van der Waals surface area contributed by atoms with Crippen LogP contribution in [-0.2, 0) is 13.0 Å². The Balaban J connectivity index is 1.44. The second kappa shape index (κ2) is 8.85. The maximum absolute atomic E-state index is 10.2. The van der Waals surface area contributed by atoms with Gasteiger partial charge in [0.05, 0.1) is 6.61 Å². The van der Waals surface area contributed by atoms with Crippen molar-refractivity contribution in [1.82, 2.24) is 14.9 Å². The number of likely N-dealkylation sites (tertiary alicyclic amines) is 1. The van der Waals surface area contributed by atoms with Gasteiger partial charge >= 0.3 is 0 Å². The lowest BCUT2D eigenvalue weighted by Crippen LogP contribution is -2.46. The van der Waals surface area contributed by atoms with Crippen molar-refractivity contribution < 1.29 is 5.11 Å². The van der Waals surface area contributed by atoms with Crippen molar-refractivity contribution in [3.05, 3.63) is 83.7 Å². The summed E-state index contributed by atoms with van der Waals surface area (Å²) in [5.74, 6) is 0.777. The average molecular weight is 388 g/mol. The van der Waals surface area contributed by atoms with Crippen LogP contribution in [0.25, 0.3) is 11.4 Å². The SMILES string of the molecule is Cc1ccccc1-c1ncc(CN2CCC[C@](CO)(Cc3ccccc3)C2)cn1. The van der Waals surface area contributed by atoms with Crippen LogP contribution in [0.4, 0.5) is 0 Å². The van der Waals surface area contributed by atoms with Crippen molar-refractivity contribution in [3.8, 4) is 11.4 Å². The van der Waals surface area contributed by atoms with Crippen molar-refractivity contribution in [2.75, 3.05) is 19.7 Å². The lowest BCUT2D eigenvalue weighted by molar-refractivity contribution is 0.0288. The molecule has 29 heavy (non-hydrogen) atoms. The summed E-state index contributed by atoms with van der Waals surface area (Å²) in [5, 5.41) is 10.2. The Morgan fingerprint density at radius 1 is 0.966 bits per heavy atom. The van der Waals surface area contributed by atoms with Crippen molar-refractivity contribution in [1.29, 1.82) is 0 Å². The fourth-order valence-electron chi connectivity index (χ4n) is 4.46. The highest BCUT2D eigenvalue weighted by molar-refractivity contribution is 5.59. The number of hydrogen-bond donors (Lipinski definition) is 1. The molecule has 4 heteroatoms. The first kappa shape index (κ1) is 19.7. The van der Waals surface area contributed by atoms with Crippen LogP contribution < -0.4 is 0 Å². The molecule has 1 atom stereocenters. The van der Waals surface area contributed by atoms with Gasteiger partial charge in [0.15, 0.2) is 5.82 Å². The van der Waals surface area contributed by atoms with E-state index < -0.39 is 0 Å². The fourth-order valence-corrected chi connectivity index (χ4v) is 4.46. The van der Waals surface area contributed by atoms with Gasteiger partial charge in [-0.2, -0.15) is 0 Å². The Morgan fingerprint density at radius 3 is 2.41 bits per heavy atom. The number of aryl methyl sites for hydroxylation is 1. The van der Waals surface area contributed by atoms with Crippen molar-refractivity contribution in [2.24, 2.45) is 5.41 Å². The van der Waals surface area contributed by atoms with Gasteiger partial charge in [-0.25, -0.2) is 9.97 Å². The molecule has 1 aromatic heterocycles. The Labute approximate surface area is 173 Å². The minimum absolute atomic E-state index is 0.0679. The number of rotatable bonds is 6. The van der Waals surface area contributed by atoms with E-state index in [1.807, 2.05) is 30.6 Å². The molecule has 2 heterocycles. The predicted molar refractivity (Wildman–Crippen MR) is 116 cm³/mol. The van der Waals surface area contributed by atoms with Crippen LogP contribution in [0.2, 0.25) is 0 Å². The summed E-state index contributed by atoms with van der Waals surface area (Å²) in [6, 6.07) is 18.7. The third kappa shape index (κ3) is 4.72. The Bertz CT molecular complexity index is 926. The predicted octanol–water partition coefficient (Wildman–Crippen LogP) is 4.27. The summed E-state index contributed by atoms with van der Waals surface area (Å²) >= 11 is 0. The van der Waals surface area contributed by atoms with E-state index in [4.69, 9.17) is 0 Å². The quantitative estimate of drug-likeness (QED) is 0.686. The zero-order valence-corrected chi connectivity index (χ0v) is 17.1. The van der Waals surface area contributed by atoms with Gasteiger partial charge < -0.3 is 5.11 Å². The molecule has 150 valence electrons.